The lowest BCUT2D eigenvalue weighted by Crippen LogP contribution is -2.18. The summed E-state index contributed by atoms with van der Waals surface area (Å²) in [6.07, 6.45) is 19.8. The van der Waals surface area contributed by atoms with Crippen molar-refractivity contribution in [1.29, 1.82) is 0 Å². The molecule has 0 aliphatic rings. The summed E-state index contributed by atoms with van der Waals surface area (Å²) in [6, 6.07) is 8.73. The average Bonchev–Trinajstić information content (AvgIpc) is 2.87. The van der Waals surface area contributed by atoms with Crippen LogP contribution in [0.3, 0.4) is 0 Å². The molecule has 0 spiro atoms. The summed E-state index contributed by atoms with van der Waals surface area (Å²) < 4.78 is 0. The van der Waals surface area contributed by atoms with E-state index in [9.17, 15) is 0 Å². The highest BCUT2D eigenvalue weighted by Crippen LogP contribution is 2.41. The summed E-state index contributed by atoms with van der Waals surface area (Å²) in [6.45, 7) is 32.2. The summed E-state index contributed by atoms with van der Waals surface area (Å²) in [5.74, 6) is 0. The monoisotopic (exact) mass is 545 g/mol. The molecule has 0 aromatic heterocycles. The van der Waals surface area contributed by atoms with E-state index >= 15 is 0 Å². The van der Waals surface area contributed by atoms with Crippen molar-refractivity contribution in [3.8, 4) is 0 Å². The maximum atomic E-state index is 4.75. The molecule has 0 saturated heterocycles. The standard InChI is InChI=1S/C40H64/c1-13-15-17-18-19-26-40(12,25-16-14-2)30-35(7)38(24-27-39(9,10)11)36(8)33(5)28-32(4)29-34(6)37-22-20-31(3)21-23-37/h20-24,28H,6-7,13-19,25-27,29-30H2,1-5,8-12H3/b32-28+,36-33+,38-24-. The second kappa shape index (κ2) is 17.7. The van der Waals surface area contributed by atoms with Gasteiger partial charge in [0.2, 0.25) is 0 Å². The van der Waals surface area contributed by atoms with Gasteiger partial charge in [0.1, 0.15) is 0 Å². The third kappa shape index (κ3) is 14.0. The van der Waals surface area contributed by atoms with Gasteiger partial charge in [-0.3, -0.25) is 0 Å². The summed E-state index contributed by atoms with van der Waals surface area (Å²) in [7, 11) is 0. The first-order valence-corrected chi connectivity index (χ1v) is 16.2. The van der Waals surface area contributed by atoms with E-state index in [0.29, 0.717) is 5.41 Å². The molecule has 0 fully saturated rings. The van der Waals surface area contributed by atoms with E-state index in [1.54, 1.807) is 0 Å². The molecule has 0 radical (unpaired) electrons. The molecule has 0 heteroatoms. The molecule has 1 aromatic rings. The van der Waals surface area contributed by atoms with Gasteiger partial charge in [0, 0.05) is 0 Å². The van der Waals surface area contributed by atoms with Crippen LogP contribution in [-0.2, 0) is 0 Å². The zero-order valence-corrected chi connectivity index (χ0v) is 28.4. The molecule has 0 heterocycles. The molecule has 0 amide bonds. The summed E-state index contributed by atoms with van der Waals surface area (Å²) in [5, 5.41) is 0. The SMILES string of the molecule is C=C(CC(C)(CCCC)CCCCCCC)C(=C/CC(C)(C)C)/C(C)=C(C)/C=C(\C)CC(=C)c1ccc(C)cc1. The highest BCUT2D eigenvalue weighted by molar-refractivity contribution is 5.65. The van der Waals surface area contributed by atoms with E-state index < -0.39 is 0 Å². The summed E-state index contributed by atoms with van der Waals surface area (Å²) in [5.41, 5.74) is 11.0. The first kappa shape index (κ1) is 35.9. The maximum Gasteiger partial charge on any atom is -0.00666 e. The Hall–Kier alpha value is -2.08. The molecular formula is C40H64. The average molecular weight is 545 g/mol. The minimum absolute atomic E-state index is 0.252. The Morgan fingerprint density at radius 3 is 1.95 bits per heavy atom. The van der Waals surface area contributed by atoms with Crippen molar-refractivity contribution in [2.24, 2.45) is 10.8 Å². The predicted molar refractivity (Wildman–Crippen MR) is 184 cm³/mol. The maximum absolute atomic E-state index is 4.75. The van der Waals surface area contributed by atoms with Crippen molar-refractivity contribution < 1.29 is 0 Å². The van der Waals surface area contributed by atoms with Gasteiger partial charge in [-0.2, -0.15) is 0 Å². The zero-order chi connectivity index (χ0) is 30.3. The second-order valence-corrected chi connectivity index (χ2v) is 14.2. The lowest BCUT2D eigenvalue weighted by atomic mass is 9.73. The smallest absolute Gasteiger partial charge is 0.00666 e. The van der Waals surface area contributed by atoms with Crippen LogP contribution in [0.5, 0.6) is 0 Å². The molecule has 0 N–H and O–H groups in total. The summed E-state index contributed by atoms with van der Waals surface area (Å²) >= 11 is 0. The van der Waals surface area contributed by atoms with E-state index in [-0.39, 0.29) is 5.41 Å². The molecule has 0 aliphatic carbocycles. The number of unbranched alkanes of at least 4 members (excludes halogenated alkanes) is 5. The van der Waals surface area contributed by atoms with Crippen LogP contribution in [0.25, 0.3) is 5.57 Å². The molecule has 0 nitrogen and oxygen atoms in total. The highest BCUT2D eigenvalue weighted by atomic mass is 14.3. The van der Waals surface area contributed by atoms with E-state index in [0.717, 1.165) is 19.3 Å². The molecule has 224 valence electrons. The van der Waals surface area contributed by atoms with Crippen LogP contribution in [0.15, 0.2) is 77.4 Å². The van der Waals surface area contributed by atoms with Crippen molar-refractivity contribution >= 4 is 5.57 Å². The van der Waals surface area contributed by atoms with E-state index in [1.807, 2.05) is 0 Å². The lowest BCUT2D eigenvalue weighted by Gasteiger charge is -2.32. The molecule has 1 aromatic carbocycles. The van der Waals surface area contributed by atoms with Crippen LogP contribution < -0.4 is 0 Å². The first-order chi connectivity index (χ1) is 18.7. The topological polar surface area (TPSA) is 0 Å². The molecular weight excluding hydrogens is 480 g/mol. The van der Waals surface area contributed by atoms with Crippen LogP contribution in [0.1, 0.15) is 150 Å². The van der Waals surface area contributed by atoms with Crippen LogP contribution in [0.4, 0.5) is 0 Å². The second-order valence-electron chi connectivity index (χ2n) is 14.2. The van der Waals surface area contributed by atoms with Gasteiger partial charge in [0.05, 0.1) is 0 Å². The number of allylic oxidation sites excluding steroid dienone is 8. The Bertz CT molecular complexity index is 1010. The van der Waals surface area contributed by atoms with E-state index in [1.165, 1.54) is 102 Å². The largest absolute Gasteiger partial charge is 0.0952 e. The van der Waals surface area contributed by atoms with Crippen LogP contribution >= 0.6 is 0 Å². The Balaban J connectivity index is 3.21. The first-order valence-electron chi connectivity index (χ1n) is 16.2. The third-order valence-electron chi connectivity index (χ3n) is 8.37. The van der Waals surface area contributed by atoms with E-state index in [4.69, 9.17) is 6.58 Å². The molecule has 0 bridgehead atoms. The number of hydrogen-bond donors (Lipinski definition) is 0. The van der Waals surface area contributed by atoms with Crippen molar-refractivity contribution in [1.82, 2.24) is 0 Å². The van der Waals surface area contributed by atoms with Gasteiger partial charge in [-0.15, -0.1) is 0 Å². The Morgan fingerprint density at radius 1 is 0.800 bits per heavy atom. The van der Waals surface area contributed by atoms with E-state index in [2.05, 4.69) is 112 Å². The fourth-order valence-corrected chi connectivity index (χ4v) is 5.61. The van der Waals surface area contributed by atoms with Gasteiger partial charge < -0.3 is 0 Å². The molecule has 1 rings (SSSR count). The fraction of sp³-hybridized carbons (Fsp3) is 0.600. The van der Waals surface area contributed by atoms with Crippen molar-refractivity contribution in [3.05, 3.63) is 88.6 Å². The normalized spacial score (nSPS) is 15.1. The zero-order valence-electron chi connectivity index (χ0n) is 28.4. The van der Waals surface area contributed by atoms with Gasteiger partial charge in [-0.25, -0.2) is 0 Å². The van der Waals surface area contributed by atoms with Crippen molar-refractivity contribution in [3.63, 3.8) is 0 Å². The molecule has 40 heavy (non-hydrogen) atoms. The van der Waals surface area contributed by atoms with Crippen LogP contribution in [0, 0.1) is 17.8 Å². The van der Waals surface area contributed by atoms with Gasteiger partial charge in [-0.05, 0) is 104 Å². The number of rotatable bonds is 18. The number of aryl methyl sites for hydroxylation is 1. The fourth-order valence-electron chi connectivity index (χ4n) is 5.61. The predicted octanol–water partition coefficient (Wildman–Crippen LogP) is 13.5. The Morgan fingerprint density at radius 2 is 1.38 bits per heavy atom. The minimum atomic E-state index is 0.252. The third-order valence-corrected chi connectivity index (χ3v) is 8.37. The minimum Gasteiger partial charge on any atom is -0.0952 e. The lowest BCUT2D eigenvalue weighted by molar-refractivity contribution is 0.252. The van der Waals surface area contributed by atoms with Crippen LogP contribution in [-0.4, -0.2) is 0 Å². The van der Waals surface area contributed by atoms with Gasteiger partial charge >= 0.3 is 0 Å². The molecule has 0 saturated carbocycles. The number of hydrogen-bond acceptors (Lipinski definition) is 0. The Kier molecular flexibility index (Phi) is 15.9. The van der Waals surface area contributed by atoms with Gasteiger partial charge in [0.25, 0.3) is 0 Å². The van der Waals surface area contributed by atoms with Gasteiger partial charge in [-0.1, -0.05) is 147 Å². The number of benzene rings is 1. The van der Waals surface area contributed by atoms with Crippen LogP contribution in [0.2, 0.25) is 0 Å². The van der Waals surface area contributed by atoms with Gasteiger partial charge in [0.15, 0.2) is 0 Å². The molecule has 1 unspecified atom stereocenters. The van der Waals surface area contributed by atoms with Crippen molar-refractivity contribution in [2.45, 2.75) is 146 Å². The quantitative estimate of drug-likeness (QED) is 0.127. The highest BCUT2D eigenvalue weighted by Gasteiger charge is 2.26. The molecule has 0 aliphatic heterocycles. The summed E-state index contributed by atoms with van der Waals surface area (Å²) in [4.78, 5) is 0. The Labute approximate surface area is 250 Å². The molecule has 1 atom stereocenters. The van der Waals surface area contributed by atoms with Crippen molar-refractivity contribution in [2.75, 3.05) is 0 Å².